The van der Waals surface area contributed by atoms with Gasteiger partial charge in [-0.1, -0.05) is 0 Å². The maximum Gasteiger partial charge on any atom is 0.148 e. The first kappa shape index (κ1) is 14.9. The standard InChI is InChI=1S/C10H11BrF2O2S2/c1-17(14,15)5-4-16-6-7-9(12)3-2-8(11)10(7)13/h2-3H,4-6H2,1H3. The van der Waals surface area contributed by atoms with Crippen LogP contribution in [0.3, 0.4) is 0 Å². The molecular weight excluding hydrogens is 334 g/mol. The first-order chi connectivity index (χ1) is 7.81. The zero-order valence-electron chi connectivity index (χ0n) is 9.04. The van der Waals surface area contributed by atoms with Crippen LogP contribution in [-0.2, 0) is 15.6 Å². The molecule has 0 N–H and O–H groups in total. The van der Waals surface area contributed by atoms with E-state index in [9.17, 15) is 17.2 Å². The van der Waals surface area contributed by atoms with E-state index < -0.39 is 21.5 Å². The molecule has 0 unspecified atom stereocenters. The minimum Gasteiger partial charge on any atom is -0.229 e. The molecule has 0 aromatic heterocycles. The van der Waals surface area contributed by atoms with Gasteiger partial charge >= 0.3 is 0 Å². The Kier molecular flexibility index (Phi) is 5.40. The smallest absolute Gasteiger partial charge is 0.148 e. The molecule has 0 spiro atoms. The second kappa shape index (κ2) is 6.15. The number of sulfone groups is 1. The summed E-state index contributed by atoms with van der Waals surface area (Å²) in [6, 6.07) is 2.48. The van der Waals surface area contributed by atoms with Gasteiger partial charge in [0.15, 0.2) is 0 Å². The van der Waals surface area contributed by atoms with Crippen molar-refractivity contribution in [3.05, 3.63) is 33.8 Å². The molecule has 0 saturated heterocycles. The largest absolute Gasteiger partial charge is 0.229 e. The van der Waals surface area contributed by atoms with E-state index in [1.54, 1.807) is 0 Å². The number of halogens is 3. The molecule has 0 saturated carbocycles. The van der Waals surface area contributed by atoms with Gasteiger partial charge in [-0.2, -0.15) is 11.8 Å². The Labute approximate surface area is 112 Å². The van der Waals surface area contributed by atoms with Crippen LogP contribution in [0.2, 0.25) is 0 Å². The van der Waals surface area contributed by atoms with E-state index in [1.165, 1.54) is 23.9 Å². The molecule has 0 aliphatic heterocycles. The van der Waals surface area contributed by atoms with Gasteiger partial charge < -0.3 is 0 Å². The molecule has 1 aromatic rings. The molecule has 2 nitrogen and oxygen atoms in total. The van der Waals surface area contributed by atoms with Crippen molar-refractivity contribution >= 4 is 37.5 Å². The lowest BCUT2D eigenvalue weighted by molar-refractivity contribution is 0.562. The van der Waals surface area contributed by atoms with Crippen LogP contribution in [0.5, 0.6) is 0 Å². The minimum absolute atomic E-state index is 0.00884. The Morgan fingerprint density at radius 3 is 2.59 bits per heavy atom. The lowest BCUT2D eigenvalue weighted by atomic mass is 10.2. The zero-order valence-corrected chi connectivity index (χ0v) is 12.3. The molecule has 0 aliphatic carbocycles. The van der Waals surface area contributed by atoms with Crippen LogP contribution in [0.25, 0.3) is 0 Å². The summed E-state index contributed by atoms with van der Waals surface area (Å²) in [5.41, 5.74) is -0.0297. The normalized spacial score (nSPS) is 11.8. The fraction of sp³-hybridized carbons (Fsp3) is 0.400. The summed E-state index contributed by atoms with van der Waals surface area (Å²) in [6.07, 6.45) is 1.13. The third-order valence-electron chi connectivity index (χ3n) is 1.98. The highest BCUT2D eigenvalue weighted by Gasteiger charge is 2.12. The second-order valence-electron chi connectivity index (χ2n) is 3.50. The van der Waals surface area contributed by atoms with Crippen molar-refractivity contribution in [2.24, 2.45) is 0 Å². The maximum absolute atomic E-state index is 13.5. The molecule has 0 aliphatic rings. The van der Waals surface area contributed by atoms with Crippen molar-refractivity contribution in [2.75, 3.05) is 17.8 Å². The number of hydrogen-bond donors (Lipinski definition) is 0. The molecule has 0 bridgehead atoms. The number of rotatable bonds is 5. The van der Waals surface area contributed by atoms with Gasteiger partial charge in [-0.15, -0.1) is 0 Å². The highest BCUT2D eigenvalue weighted by Crippen LogP contribution is 2.25. The summed E-state index contributed by atoms with van der Waals surface area (Å²) in [4.78, 5) is 0. The molecule has 7 heteroatoms. The first-order valence-corrected chi connectivity index (χ1v) is 8.70. The first-order valence-electron chi connectivity index (χ1n) is 4.69. The summed E-state index contributed by atoms with van der Waals surface area (Å²) >= 11 is 4.16. The van der Waals surface area contributed by atoms with Gasteiger partial charge in [-0.05, 0) is 28.1 Å². The monoisotopic (exact) mass is 344 g/mol. The van der Waals surface area contributed by atoms with Crippen molar-refractivity contribution < 1.29 is 17.2 Å². The third-order valence-corrected chi connectivity index (χ3v) is 4.79. The lowest BCUT2D eigenvalue weighted by Gasteiger charge is -2.06. The van der Waals surface area contributed by atoms with Crippen LogP contribution in [0.1, 0.15) is 5.56 Å². The highest BCUT2D eigenvalue weighted by atomic mass is 79.9. The predicted molar refractivity (Wildman–Crippen MR) is 69.9 cm³/mol. The fourth-order valence-corrected chi connectivity index (χ4v) is 3.75. The Bertz CT molecular complexity index is 503. The van der Waals surface area contributed by atoms with Gasteiger partial charge in [0, 0.05) is 23.3 Å². The van der Waals surface area contributed by atoms with E-state index in [4.69, 9.17) is 0 Å². The van der Waals surface area contributed by atoms with Crippen LogP contribution in [0, 0.1) is 11.6 Å². The van der Waals surface area contributed by atoms with Crippen LogP contribution in [0.4, 0.5) is 8.78 Å². The van der Waals surface area contributed by atoms with Crippen molar-refractivity contribution in [2.45, 2.75) is 5.75 Å². The number of thioether (sulfide) groups is 1. The summed E-state index contributed by atoms with van der Waals surface area (Å²) in [6.45, 7) is 0. The average Bonchev–Trinajstić information content (AvgIpc) is 2.21. The molecular formula is C10H11BrF2O2S2. The Morgan fingerprint density at radius 2 is 2.00 bits per heavy atom. The van der Waals surface area contributed by atoms with Gasteiger partial charge in [-0.3, -0.25) is 0 Å². The topological polar surface area (TPSA) is 34.1 Å². The number of benzene rings is 1. The van der Waals surface area contributed by atoms with Crippen molar-refractivity contribution in [1.29, 1.82) is 0 Å². The van der Waals surface area contributed by atoms with Gasteiger partial charge in [0.05, 0.1) is 10.2 Å². The molecule has 1 rings (SSSR count). The van der Waals surface area contributed by atoms with Crippen LogP contribution < -0.4 is 0 Å². The Hall–Kier alpha value is -0.140. The van der Waals surface area contributed by atoms with E-state index in [-0.39, 0.29) is 21.5 Å². The second-order valence-corrected chi connectivity index (χ2v) is 7.72. The molecule has 96 valence electrons. The fourth-order valence-electron chi connectivity index (χ4n) is 1.09. The van der Waals surface area contributed by atoms with E-state index in [0.29, 0.717) is 5.75 Å². The molecule has 0 radical (unpaired) electrons. The van der Waals surface area contributed by atoms with E-state index in [1.807, 2.05) is 0 Å². The summed E-state index contributed by atoms with van der Waals surface area (Å²) in [5, 5.41) is 0. The maximum atomic E-state index is 13.5. The SMILES string of the molecule is CS(=O)(=O)CCSCc1c(F)ccc(Br)c1F. The molecule has 0 amide bonds. The predicted octanol–water partition coefficient (Wildman–Crippen LogP) is 3.01. The highest BCUT2D eigenvalue weighted by molar-refractivity contribution is 9.10. The Morgan fingerprint density at radius 1 is 1.35 bits per heavy atom. The number of hydrogen-bond acceptors (Lipinski definition) is 3. The van der Waals surface area contributed by atoms with Gasteiger partial charge in [0.2, 0.25) is 0 Å². The van der Waals surface area contributed by atoms with Gasteiger partial charge in [0.25, 0.3) is 0 Å². The van der Waals surface area contributed by atoms with E-state index >= 15 is 0 Å². The minimum atomic E-state index is -3.02. The molecule has 0 heterocycles. The summed E-state index contributed by atoms with van der Waals surface area (Å²) in [7, 11) is -3.02. The van der Waals surface area contributed by atoms with Crippen LogP contribution in [-0.4, -0.2) is 26.2 Å². The van der Waals surface area contributed by atoms with Crippen molar-refractivity contribution in [3.63, 3.8) is 0 Å². The molecule has 0 atom stereocenters. The average molecular weight is 345 g/mol. The van der Waals surface area contributed by atoms with Gasteiger partial charge in [-0.25, -0.2) is 17.2 Å². The van der Waals surface area contributed by atoms with Crippen LogP contribution >= 0.6 is 27.7 Å². The van der Waals surface area contributed by atoms with Crippen LogP contribution in [0.15, 0.2) is 16.6 Å². The molecule has 1 aromatic carbocycles. The summed E-state index contributed by atoms with van der Waals surface area (Å²) in [5.74, 6) is -0.791. The lowest BCUT2D eigenvalue weighted by Crippen LogP contribution is -2.05. The molecule has 0 fully saturated rings. The molecule has 17 heavy (non-hydrogen) atoms. The van der Waals surface area contributed by atoms with Crippen molar-refractivity contribution in [1.82, 2.24) is 0 Å². The van der Waals surface area contributed by atoms with Gasteiger partial charge in [0.1, 0.15) is 21.5 Å². The zero-order chi connectivity index (χ0) is 13.1. The Balaban J connectivity index is 2.61. The van der Waals surface area contributed by atoms with E-state index in [0.717, 1.165) is 6.26 Å². The van der Waals surface area contributed by atoms with E-state index in [2.05, 4.69) is 15.9 Å². The third kappa shape index (κ3) is 4.93. The van der Waals surface area contributed by atoms with Crippen molar-refractivity contribution in [3.8, 4) is 0 Å². The summed E-state index contributed by atoms with van der Waals surface area (Å²) < 4.78 is 48.7. The quantitative estimate of drug-likeness (QED) is 0.608.